The first-order valence-corrected chi connectivity index (χ1v) is 6.45. The van der Waals surface area contributed by atoms with Crippen molar-refractivity contribution in [1.29, 1.82) is 0 Å². The van der Waals surface area contributed by atoms with Gasteiger partial charge in [0.05, 0.1) is 17.1 Å². The third kappa shape index (κ3) is 5.51. The average Bonchev–Trinajstić information content (AvgIpc) is 2.41. The van der Waals surface area contributed by atoms with E-state index in [-0.39, 0.29) is 18.0 Å². The van der Waals surface area contributed by atoms with E-state index in [9.17, 15) is 14.9 Å². The minimum Gasteiger partial charge on any atom is -0.370 e. The lowest BCUT2D eigenvalue weighted by atomic mass is 10.3. The van der Waals surface area contributed by atoms with Gasteiger partial charge in [0.25, 0.3) is 5.69 Å². The summed E-state index contributed by atoms with van der Waals surface area (Å²) in [6, 6.07) is 2.76. The summed E-state index contributed by atoms with van der Waals surface area (Å²) in [5.41, 5.74) is 5.00. The highest BCUT2D eigenvalue weighted by atomic mass is 16.6. The van der Waals surface area contributed by atoms with Gasteiger partial charge in [-0.25, -0.2) is 4.98 Å². The fourth-order valence-electron chi connectivity index (χ4n) is 1.53. The molecular weight excluding hydrogens is 262 g/mol. The number of nitrogens with zero attached hydrogens (tertiary/aromatic N) is 2. The largest absolute Gasteiger partial charge is 0.370 e. The van der Waals surface area contributed by atoms with E-state index in [1.165, 1.54) is 12.1 Å². The summed E-state index contributed by atoms with van der Waals surface area (Å²) in [5.74, 6) is 0.491. The summed E-state index contributed by atoms with van der Waals surface area (Å²) < 4.78 is 0. The molecule has 0 spiro atoms. The first kappa shape index (κ1) is 15.7. The summed E-state index contributed by atoms with van der Waals surface area (Å²) in [5, 5.41) is 16.8. The molecule has 8 heteroatoms. The average molecular weight is 281 g/mol. The van der Waals surface area contributed by atoms with Crippen molar-refractivity contribution in [3.05, 3.63) is 22.2 Å². The molecule has 4 N–H and O–H groups in total. The van der Waals surface area contributed by atoms with E-state index in [2.05, 4.69) is 15.6 Å². The SMILES string of the molecule is CCCNc1cc([N+](=O)[O-])cc(NCCCC(N)=O)n1. The fraction of sp³-hybridized carbons (Fsp3) is 0.500. The minimum atomic E-state index is -0.465. The lowest BCUT2D eigenvalue weighted by Gasteiger charge is -2.08. The van der Waals surface area contributed by atoms with Crippen LogP contribution < -0.4 is 16.4 Å². The molecule has 0 atom stereocenters. The molecule has 1 heterocycles. The Morgan fingerprint density at radius 2 is 1.95 bits per heavy atom. The van der Waals surface area contributed by atoms with Gasteiger partial charge in [0.1, 0.15) is 11.6 Å². The Morgan fingerprint density at radius 1 is 1.35 bits per heavy atom. The van der Waals surface area contributed by atoms with Crippen molar-refractivity contribution in [1.82, 2.24) is 4.98 Å². The predicted molar refractivity (Wildman–Crippen MR) is 76.6 cm³/mol. The molecule has 0 aliphatic heterocycles. The highest BCUT2D eigenvalue weighted by molar-refractivity contribution is 5.73. The number of pyridine rings is 1. The monoisotopic (exact) mass is 281 g/mol. The Labute approximate surface area is 116 Å². The molecule has 0 aliphatic rings. The van der Waals surface area contributed by atoms with Gasteiger partial charge in [-0.15, -0.1) is 0 Å². The van der Waals surface area contributed by atoms with E-state index >= 15 is 0 Å². The summed E-state index contributed by atoms with van der Waals surface area (Å²) in [6.45, 7) is 3.16. The Hall–Kier alpha value is -2.38. The van der Waals surface area contributed by atoms with Crippen molar-refractivity contribution in [2.75, 3.05) is 23.7 Å². The number of nitrogens with two attached hydrogens (primary N) is 1. The van der Waals surface area contributed by atoms with E-state index in [1.807, 2.05) is 6.92 Å². The van der Waals surface area contributed by atoms with Crippen LogP contribution in [0.5, 0.6) is 0 Å². The maximum atomic E-state index is 10.9. The molecular formula is C12H19N5O3. The van der Waals surface area contributed by atoms with Gasteiger partial charge in [-0.05, 0) is 12.8 Å². The van der Waals surface area contributed by atoms with Crippen LogP contribution in [0.1, 0.15) is 26.2 Å². The number of hydrogen-bond acceptors (Lipinski definition) is 6. The number of hydrogen-bond donors (Lipinski definition) is 3. The normalized spacial score (nSPS) is 10.1. The topological polar surface area (TPSA) is 123 Å². The van der Waals surface area contributed by atoms with Crippen molar-refractivity contribution in [3.63, 3.8) is 0 Å². The van der Waals surface area contributed by atoms with Gasteiger partial charge < -0.3 is 16.4 Å². The standard InChI is InChI=1S/C12H19N5O3/c1-2-5-14-11-7-9(17(19)20)8-12(16-11)15-6-3-4-10(13)18/h7-8H,2-6H2,1H3,(H2,13,18)(H2,14,15,16). The molecule has 1 rings (SSSR count). The number of nitrogens with one attached hydrogen (secondary N) is 2. The highest BCUT2D eigenvalue weighted by Gasteiger charge is 2.10. The summed E-state index contributed by atoms with van der Waals surface area (Å²) in [4.78, 5) is 25.2. The molecule has 0 unspecified atom stereocenters. The van der Waals surface area contributed by atoms with Crippen LogP contribution in [-0.4, -0.2) is 28.9 Å². The second-order valence-electron chi connectivity index (χ2n) is 4.28. The smallest absolute Gasteiger partial charge is 0.276 e. The van der Waals surface area contributed by atoms with E-state index < -0.39 is 4.92 Å². The molecule has 0 radical (unpaired) electrons. The molecule has 8 nitrogen and oxygen atoms in total. The lowest BCUT2D eigenvalue weighted by Crippen LogP contribution is -2.13. The summed E-state index contributed by atoms with van der Waals surface area (Å²) >= 11 is 0. The first-order chi connectivity index (χ1) is 9.52. The number of nitro groups is 1. The van der Waals surface area contributed by atoms with Crippen LogP contribution in [0, 0.1) is 10.1 Å². The molecule has 1 aromatic heterocycles. The predicted octanol–water partition coefficient (Wildman–Crippen LogP) is 1.49. The number of carbonyl (C=O) groups is 1. The molecule has 0 saturated heterocycles. The molecule has 1 amide bonds. The van der Waals surface area contributed by atoms with Gasteiger partial charge in [-0.1, -0.05) is 6.92 Å². The number of anilines is 2. The first-order valence-electron chi connectivity index (χ1n) is 6.45. The van der Waals surface area contributed by atoms with Crippen molar-refractivity contribution >= 4 is 23.2 Å². The Balaban J connectivity index is 2.70. The second-order valence-corrected chi connectivity index (χ2v) is 4.28. The lowest BCUT2D eigenvalue weighted by molar-refractivity contribution is -0.384. The second kappa shape index (κ2) is 7.93. The van der Waals surface area contributed by atoms with Crippen LogP contribution in [0.4, 0.5) is 17.3 Å². The van der Waals surface area contributed by atoms with Gasteiger partial charge in [0.2, 0.25) is 5.91 Å². The molecule has 0 aliphatic carbocycles. The summed E-state index contributed by atoms with van der Waals surface area (Å²) in [6.07, 6.45) is 1.71. The van der Waals surface area contributed by atoms with Gasteiger partial charge in [-0.2, -0.15) is 0 Å². The van der Waals surface area contributed by atoms with Gasteiger partial charge in [-0.3, -0.25) is 14.9 Å². The zero-order chi connectivity index (χ0) is 15.0. The van der Waals surface area contributed by atoms with E-state index in [4.69, 9.17) is 5.73 Å². The fourth-order valence-corrected chi connectivity index (χ4v) is 1.53. The van der Waals surface area contributed by atoms with E-state index in [0.717, 1.165) is 6.42 Å². The number of amides is 1. The Bertz CT molecular complexity index is 478. The van der Waals surface area contributed by atoms with Crippen LogP contribution in [0.15, 0.2) is 12.1 Å². The van der Waals surface area contributed by atoms with Crippen molar-refractivity contribution in [3.8, 4) is 0 Å². The summed E-state index contributed by atoms with van der Waals surface area (Å²) in [7, 11) is 0. The van der Waals surface area contributed by atoms with Crippen LogP contribution >= 0.6 is 0 Å². The molecule has 1 aromatic rings. The maximum Gasteiger partial charge on any atom is 0.276 e. The van der Waals surface area contributed by atoms with Gasteiger partial charge in [0.15, 0.2) is 0 Å². The van der Waals surface area contributed by atoms with E-state index in [0.29, 0.717) is 31.1 Å². The quantitative estimate of drug-likeness (QED) is 0.358. The molecule has 110 valence electrons. The van der Waals surface area contributed by atoms with Crippen LogP contribution in [0.2, 0.25) is 0 Å². The highest BCUT2D eigenvalue weighted by Crippen LogP contribution is 2.20. The number of aromatic nitrogens is 1. The van der Waals surface area contributed by atoms with Gasteiger partial charge in [0, 0.05) is 19.5 Å². The molecule has 0 aromatic carbocycles. The zero-order valence-corrected chi connectivity index (χ0v) is 11.4. The van der Waals surface area contributed by atoms with Crippen molar-refractivity contribution in [2.24, 2.45) is 5.73 Å². The number of rotatable bonds is 9. The van der Waals surface area contributed by atoms with Crippen LogP contribution in [0.3, 0.4) is 0 Å². The van der Waals surface area contributed by atoms with Crippen molar-refractivity contribution in [2.45, 2.75) is 26.2 Å². The zero-order valence-electron chi connectivity index (χ0n) is 11.4. The van der Waals surface area contributed by atoms with Crippen molar-refractivity contribution < 1.29 is 9.72 Å². The third-order valence-electron chi connectivity index (χ3n) is 2.48. The number of carbonyl (C=O) groups excluding carboxylic acids is 1. The maximum absolute atomic E-state index is 10.9. The minimum absolute atomic E-state index is 0.0315. The molecule has 0 bridgehead atoms. The molecule has 20 heavy (non-hydrogen) atoms. The Morgan fingerprint density at radius 3 is 2.45 bits per heavy atom. The molecule has 0 fully saturated rings. The number of primary amides is 1. The molecule has 0 saturated carbocycles. The third-order valence-corrected chi connectivity index (χ3v) is 2.48. The van der Waals surface area contributed by atoms with Crippen LogP contribution in [0.25, 0.3) is 0 Å². The van der Waals surface area contributed by atoms with E-state index in [1.54, 1.807) is 0 Å². The van der Waals surface area contributed by atoms with Gasteiger partial charge >= 0.3 is 0 Å². The van der Waals surface area contributed by atoms with Crippen LogP contribution in [-0.2, 0) is 4.79 Å². The Kier molecular flexibility index (Phi) is 6.21.